The molecule has 0 aliphatic carbocycles. The van der Waals surface area contributed by atoms with Crippen molar-refractivity contribution in [2.75, 3.05) is 19.0 Å². The van der Waals surface area contributed by atoms with Crippen molar-refractivity contribution in [3.8, 4) is 5.75 Å². The fraction of sp³-hybridized carbons (Fsp3) is 0.300. The first-order chi connectivity index (χ1) is 8.38. The number of hydrogen-bond acceptors (Lipinski definition) is 4. The monoisotopic (exact) mass is 273 g/mol. The molecule has 4 N–H and O–H groups in total. The van der Waals surface area contributed by atoms with Gasteiger partial charge in [-0.05, 0) is 25.1 Å². The van der Waals surface area contributed by atoms with Gasteiger partial charge < -0.3 is 15.4 Å². The van der Waals surface area contributed by atoms with Crippen molar-refractivity contribution >= 4 is 21.7 Å². The molecule has 0 aliphatic heterocycles. The largest absolute Gasteiger partial charge is 0.495 e. The number of amides is 2. The van der Waals surface area contributed by atoms with Gasteiger partial charge in [-0.1, -0.05) is 0 Å². The van der Waals surface area contributed by atoms with Crippen LogP contribution < -0.4 is 20.5 Å². The Morgan fingerprint density at radius 3 is 2.61 bits per heavy atom. The number of anilines is 1. The Hall–Kier alpha value is -1.80. The van der Waals surface area contributed by atoms with Crippen molar-refractivity contribution in [3.63, 3.8) is 0 Å². The van der Waals surface area contributed by atoms with E-state index >= 15 is 0 Å². The number of benzene rings is 1. The van der Waals surface area contributed by atoms with Crippen LogP contribution in [0.4, 0.5) is 10.5 Å². The minimum Gasteiger partial charge on any atom is -0.495 e. The minimum atomic E-state index is -3.83. The normalized spacial score (nSPS) is 10.8. The zero-order valence-electron chi connectivity index (χ0n) is 10.1. The lowest BCUT2D eigenvalue weighted by atomic mass is 10.3. The van der Waals surface area contributed by atoms with Gasteiger partial charge >= 0.3 is 6.03 Å². The molecule has 0 radical (unpaired) electrons. The SMILES string of the molecule is CCNC(=O)Nc1cc(S(N)(=O)=O)ccc1OC. The molecule has 18 heavy (non-hydrogen) atoms. The van der Waals surface area contributed by atoms with Crippen LogP contribution in [0.1, 0.15) is 6.92 Å². The minimum absolute atomic E-state index is 0.102. The van der Waals surface area contributed by atoms with Gasteiger partial charge in [0.05, 0.1) is 17.7 Å². The molecule has 0 atom stereocenters. The van der Waals surface area contributed by atoms with E-state index in [-0.39, 0.29) is 10.6 Å². The highest BCUT2D eigenvalue weighted by molar-refractivity contribution is 7.89. The Morgan fingerprint density at radius 2 is 2.11 bits per heavy atom. The maximum atomic E-state index is 11.4. The summed E-state index contributed by atoms with van der Waals surface area (Å²) in [6.07, 6.45) is 0. The van der Waals surface area contributed by atoms with Gasteiger partial charge in [0.25, 0.3) is 0 Å². The zero-order valence-corrected chi connectivity index (χ0v) is 10.9. The second-order valence-corrected chi connectivity index (χ2v) is 4.95. The second-order valence-electron chi connectivity index (χ2n) is 3.39. The van der Waals surface area contributed by atoms with Crippen LogP contribution in [0.15, 0.2) is 23.1 Å². The summed E-state index contributed by atoms with van der Waals surface area (Å²) in [7, 11) is -2.41. The molecule has 7 nitrogen and oxygen atoms in total. The van der Waals surface area contributed by atoms with Crippen molar-refractivity contribution in [1.29, 1.82) is 0 Å². The van der Waals surface area contributed by atoms with E-state index in [4.69, 9.17) is 9.88 Å². The van der Waals surface area contributed by atoms with Crippen molar-refractivity contribution < 1.29 is 17.9 Å². The quantitative estimate of drug-likeness (QED) is 0.741. The van der Waals surface area contributed by atoms with Crippen LogP contribution in [0.25, 0.3) is 0 Å². The Kier molecular flexibility index (Phi) is 4.51. The summed E-state index contributed by atoms with van der Waals surface area (Å²) in [5, 5.41) is 10.0. The average Bonchev–Trinajstić information content (AvgIpc) is 2.28. The molecule has 0 bridgehead atoms. The maximum absolute atomic E-state index is 11.4. The predicted octanol–water partition coefficient (Wildman–Crippen LogP) is 0.484. The number of ether oxygens (including phenoxy) is 1. The summed E-state index contributed by atoms with van der Waals surface area (Å²) in [5.74, 6) is 0.341. The summed E-state index contributed by atoms with van der Waals surface area (Å²) in [4.78, 5) is 11.3. The Morgan fingerprint density at radius 1 is 1.44 bits per heavy atom. The molecule has 0 saturated carbocycles. The standard InChI is InChI=1S/C10H15N3O4S/c1-3-12-10(14)13-8-6-7(18(11,15)16)4-5-9(8)17-2/h4-6H,3H2,1-2H3,(H2,11,15,16)(H2,12,13,14). The molecule has 0 aliphatic rings. The Bertz CT molecular complexity index is 542. The van der Waals surface area contributed by atoms with Gasteiger partial charge in [0.2, 0.25) is 10.0 Å². The molecule has 1 aromatic rings. The van der Waals surface area contributed by atoms with Crippen molar-refractivity contribution in [1.82, 2.24) is 5.32 Å². The third kappa shape index (κ3) is 3.60. The van der Waals surface area contributed by atoms with E-state index in [2.05, 4.69) is 10.6 Å². The van der Waals surface area contributed by atoms with Crippen LogP contribution in [-0.2, 0) is 10.0 Å². The molecule has 0 fully saturated rings. The highest BCUT2D eigenvalue weighted by Gasteiger charge is 2.13. The number of carbonyl (C=O) groups is 1. The summed E-state index contributed by atoms with van der Waals surface area (Å²) in [5.41, 5.74) is 0.231. The van der Waals surface area contributed by atoms with Gasteiger partial charge in [-0.25, -0.2) is 18.4 Å². The van der Waals surface area contributed by atoms with Crippen LogP contribution in [0.2, 0.25) is 0 Å². The van der Waals surface area contributed by atoms with Crippen molar-refractivity contribution in [3.05, 3.63) is 18.2 Å². The molecule has 0 unspecified atom stereocenters. The predicted molar refractivity (Wildman–Crippen MR) is 67.1 cm³/mol. The van der Waals surface area contributed by atoms with E-state index in [0.29, 0.717) is 12.3 Å². The number of methoxy groups -OCH3 is 1. The average molecular weight is 273 g/mol. The van der Waals surface area contributed by atoms with Crippen LogP contribution in [0.3, 0.4) is 0 Å². The molecule has 1 rings (SSSR count). The topological polar surface area (TPSA) is 111 Å². The molecule has 2 amide bonds. The van der Waals surface area contributed by atoms with E-state index in [1.54, 1.807) is 6.92 Å². The van der Waals surface area contributed by atoms with Gasteiger partial charge in [-0.15, -0.1) is 0 Å². The number of carbonyl (C=O) groups excluding carboxylic acids is 1. The van der Waals surface area contributed by atoms with E-state index in [9.17, 15) is 13.2 Å². The van der Waals surface area contributed by atoms with Crippen LogP contribution >= 0.6 is 0 Å². The molecule has 8 heteroatoms. The lowest BCUT2D eigenvalue weighted by Gasteiger charge is -2.11. The number of primary sulfonamides is 1. The molecule has 0 aromatic heterocycles. The van der Waals surface area contributed by atoms with Crippen LogP contribution in [0.5, 0.6) is 5.75 Å². The lowest BCUT2D eigenvalue weighted by molar-refractivity contribution is 0.252. The number of hydrogen-bond donors (Lipinski definition) is 3. The van der Waals surface area contributed by atoms with Gasteiger partial charge in [-0.2, -0.15) is 0 Å². The van der Waals surface area contributed by atoms with E-state index in [0.717, 1.165) is 0 Å². The number of nitrogens with one attached hydrogen (secondary N) is 2. The summed E-state index contributed by atoms with van der Waals surface area (Å²) in [6.45, 7) is 2.21. The van der Waals surface area contributed by atoms with Crippen molar-refractivity contribution in [2.24, 2.45) is 5.14 Å². The smallest absolute Gasteiger partial charge is 0.319 e. The van der Waals surface area contributed by atoms with E-state index in [1.807, 2.05) is 0 Å². The molecular weight excluding hydrogens is 258 g/mol. The number of rotatable bonds is 4. The first kappa shape index (κ1) is 14.3. The van der Waals surface area contributed by atoms with Crippen molar-refractivity contribution in [2.45, 2.75) is 11.8 Å². The fourth-order valence-electron chi connectivity index (χ4n) is 1.29. The fourth-order valence-corrected chi connectivity index (χ4v) is 1.83. The molecular formula is C10H15N3O4S. The number of urea groups is 1. The van der Waals surface area contributed by atoms with Gasteiger partial charge in [0, 0.05) is 6.54 Å². The second kappa shape index (κ2) is 5.69. The molecule has 0 heterocycles. The van der Waals surface area contributed by atoms with Crippen LogP contribution in [0, 0.1) is 0 Å². The molecule has 0 spiro atoms. The van der Waals surface area contributed by atoms with E-state index in [1.165, 1.54) is 25.3 Å². The first-order valence-electron chi connectivity index (χ1n) is 5.14. The highest BCUT2D eigenvalue weighted by Crippen LogP contribution is 2.26. The third-order valence-electron chi connectivity index (χ3n) is 2.09. The highest BCUT2D eigenvalue weighted by atomic mass is 32.2. The zero-order chi connectivity index (χ0) is 13.8. The van der Waals surface area contributed by atoms with E-state index < -0.39 is 16.1 Å². The summed E-state index contributed by atoms with van der Waals surface area (Å²) < 4.78 is 27.4. The van der Waals surface area contributed by atoms with Crippen LogP contribution in [-0.4, -0.2) is 28.1 Å². The maximum Gasteiger partial charge on any atom is 0.319 e. The molecule has 100 valence electrons. The van der Waals surface area contributed by atoms with Gasteiger partial charge in [-0.3, -0.25) is 0 Å². The Balaban J connectivity index is 3.11. The number of nitrogens with two attached hydrogens (primary N) is 1. The first-order valence-corrected chi connectivity index (χ1v) is 6.68. The number of sulfonamides is 1. The van der Waals surface area contributed by atoms with Gasteiger partial charge in [0.1, 0.15) is 5.75 Å². The Labute approximate surface area is 105 Å². The molecule has 0 saturated heterocycles. The summed E-state index contributed by atoms with van der Waals surface area (Å²) in [6, 6.07) is 3.50. The lowest BCUT2D eigenvalue weighted by Crippen LogP contribution is -2.28. The third-order valence-corrected chi connectivity index (χ3v) is 3.00. The molecule has 1 aromatic carbocycles. The summed E-state index contributed by atoms with van der Waals surface area (Å²) >= 11 is 0. The van der Waals surface area contributed by atoms with Gasteiger partial charge in [0.15, 0.2) is 0 Å².